The van der Waals surface area contributed by atoms with Crippen LogP contribution in [0.2, 0.25) is 0 Å². The van der Waals surface area contributed by atoms with E-state index in [0.717, 1.165) is 24.2 Å². The molecular formula is C19H22N4O2. The number of amides is 3. The molecule has 25 heavy (non-hydrogen) atoms. The molecule has 0 unspecified atom stereocenters. The van der Waals surface area contributed by atoms with E-state index in [1.165, 1.54) is 0 Å². The van der Waals surface area contributed by atoms with Crippen LogP contribution in [0.5, 0.6) is 0 Å². The fourth-order valence-corrected chi connectivity index (χ4v) is 2.90. The van der Waals surface area contributed by atoms with Gasteiger partial charge in [0, 0.05) is 37.6 Å². The summed E-state index contributed by atoms with van der Waals surface area (Å²) in [4.78, 5) is 32.3. The molecule has 0 saturated heterocycles. The van der Waals surface area contributed by atoms with Crippen molar-refractivity contribution >= 4 is 17.6 Å². The normalized spacial score (nSPS) is 12.6. The molecule has 6 nitrogen and oxygen atoms in total. The number of pyridine rings is 1. The van der Waals surface area contributed by atoms with Crippen molar-refractivity contribution in [2.75, 3.05) is 18.9 Å². The number of nitrogens with one attached hydrogen (secondary N) is 1. The second-order valence-electron chi connectivity index (χ2n) is 6.20. The molecule has 2 aromatic rings. The second kappa shape index (κ2) is 7.34. The quantitative estimate of drug-likeness (QED) is 0.931. The minimum atomic E-state index is -0.167. The van der Waals surface area contributed by atoms with Crippen LogP contribution in [0.4, 0.5) is 10.5 Å². The number of hydrogen-bond donors (Lipinski definition) is 1. The molecule has 3 amide bonds. The van der Waals surface area contributed by atoms with Gasteiger partial charge in [-0.3, -0.25) is 9.78 Å². The van der Waals surface area contributed by atoms with Gasteiger partial charge in [0.15, 0.2) is 0 Å². The first-order chi connectivity index (χ1) is 12.1. The lowest BCUT2D eigenvalue weighted by Crippen LogP contribution is -2.30. The van der Waals surface area contributed by atoms with Crippen molar-refractivity contribution in [1.82, 2.24) is 14.8 Å². The van der Waals surface area contributed by atoms with E-state index >= 15 is 0 Å². The van der Waals surface area contributed by atoms with Crippen molar-refractivity contribution in [2.24, 2.45) is 0 Å². The SMILES string of the molecule is CCCN(C)C(=O)c1ccc(NC(=O)N2Cc3cccnc3C2)cc1. The molecule has 6 heteroatoms. The first-order valence-electron chi connectivity index (χ1n) is 8.42. The molecular weight excluding hydrogens is 316 g/mol. The second-order valence-corrected chi connectivity index (χ2v) is 6.20. The lowest BCUT2D eigenvalue weighted by Gasteiger charge is -2.17. The fourth-order valence-electron chi connectivity index (χ4n) is 2.90. The largest absolute Gasteiger partial charge is 0.342 e. The average molecular weight is 338 g/mol. The summed E-state index contributed by atoms with van der Waals surface area (Å²) < 4.78 is 0. The molecule has 3 rings (SSSR count). The number of urea groups is 1. The molecule has 130 valence electrons. The first kappa shape index (κ1) is 17.0. The molecule has 1 aromatic carbocycles. The van der Waals surface area contributed by atoms with Gasteiger partial charge in [0.2, 0.25) is 0 Å². The highest BCUT2D eigenvalue weighted by atomic mass is 16.2. The molecule has 0 saturated carbocycles. The molecule has 0 bridgehead atoms. The van der Waals surface area contributed by atoms with Crippen LogP contribution < -0.4 is 5.32 Å². The molecule has 1 aromatic heterocycles. The minimum Gasteiger partial charge on any atom is -0.342 e. The molecule has 1 N–H and O–H groups in total. The highest BCUT2D eigenvalue weighted by molar-refractivity contribution is 5.95. The number of rotatable bonds is 4. The van der Waals surface area contributed by atoms with Crippen molar-refractivity contribution in [3.63, 3.8) is 0 Å². The Morgan fingerprint density at radius 1 is 1.20 bits per heavy atom. The van der Waals surface area contributed by atoms with Crippen molar-refractivity contribution in [2.45, 2.75) is 26.4 Å². The molecule has 0 aliphatic carbocycles. The third kappa shape index (κ3) is 3.79. The summed E-state index contributed by atoms with van der Waals surface area (Å²) in [7, 11) is 1.79. The third-order valence-corrected chi connectivity index (χ3v) is 4.26. The lowest BCUT2D eigenvalue weighted by molar-refractivity contribution is 0.0795. The van der Waals surface area contributed by atoms with Crippen molar-refractivity contribution in [3.05, 3.63) is 59.4 Å². The number of carbonyl (C=O) groups is 2. The zero-order valence-corrected chi connectivity index (χ0v) is 14.5. The van der Waals surface area contributed by atoms with E-state index in [-0.39, 0.29) is 11.9 Å². The van der Waals surface area contributed by atoms with Gasteiger partial charge in [0.25, 0.3) is 5.91 Å². The molecule has 0 radical (unpaired) electrons. The maximum Gasteiger partial charge on any atom is 0.322 e. The molecule has 1 aliphatic rings. The number of benzene rings is 1. The number of fused-ring (bicyclic) bond motifs is 1. The molecule has 1 aliphatic heterocycles. The van der Waals surface area contributed by atoms with Gasteiger partial charge in [0.1, 0.15) is 0 Å². The van der Waals surface area contributed by atoms with E-state index in [9.17, 15) is 9.59 Å². The van der Waals surface area contributed by atoms with Gasteiger partial charge >= 0.3 is 6.03 Å². The summed E-state index contributed by atoms with van der Waals surface area (Å²) in [5, 5.41) is 2.87. The smallest absolute Gasteiger partial charge is 0.322 e. The van der Waals surface area contributed by atoms with Crippen LogP contribution in [0, 0.1) is 0 Å². The van der Waals surface area contributed by atoms with Gasteiger partial charge in [0.05, 0.1) is 12.2 Å². The Labute approximate surface area is 147 Å². The minimum absolute atomic E-state index is 0.0132. The zero-order chi connectivity index (χ0) is 17.8. The Morgan fingerprint density at radius 2 is 1.96 bits per heavy atom. The number of anilines is 1. The van der Waals surface area contributed by atoms with Gasteiger partial charge in [-0.15, -0.1) is 0 Å². The zero-order valence-electron chi connectivity index (χ0n) is 14.5. The first-order valence-corrected chi connectivity index (χ1v) is 8.42. The Hall–Kier alpha value is -2.89. The van der Waals surface area contributed by atoms with Crippen LogP contribution in [0.15, 0.2) is 42.6 Å². The van der Waals surface area contributed by atoms with Gasteiger partial charge in [-0.2, -0.15) is 0 Å². The highest BCUT2D eigenvalue weighted by Gasteiger charge is 2.24. The van der Waals surface area contributed by atoms with E-state index in [1.807, 2.05) is 19.1 Å². The van der Waals surface area contributed by atoms with Gasteiger partial charge in [-0.25, -0.2) is 4.79 Å². The van der Waals surface area contributed by atoms with Crippen molar-refractivity contribution in [3.8, 4) is 0 Å². The van der Waals surface area contributed by atoms with Crippen LogP contribution in [0.25, 0.3) is 0 Å². The standard InChI is InChI=1S/C19H22N4O2/c1-3-11-22(2)18(24)14-6-8-16(9-7-14)21-19(25)23-12-15-5-4-10-20-17(15)13-23/h4-10H,3,11-13H2,1-2H3,(H,21,25). The average Bonchev–Trinajstić information content (AvgIpc) is 3.06. The number of nitrogens with zero attached hydrogens (tertiary/aromatic N) is 3. The van der Waals surface area contributed by atoms with E-state index in [4.69, 9.17) is 0 Å². The van der Waals surface area contributed by atoms with E-state index in [1.54, 1.807) is 47.3 Å². The summed E-state index contributed by atoms with van der Waals surface area (Å²) in [5.74, 6) is -0.0132. The highest BCUT2D eigenvalue weighted by Crippen LogP contribution is 2.21. The lowest BCUT2D eigenvalue weighted by atomic mass is 10.2. The summed E-state index contributed by atoms with van der Waals surface area (Å²) in [6.45, 7) is 3.84. The van der Waals surface area contributed by atoms with E-state index in [2.05, 4.69) is 10.3 Å². The summed E-state index contributed by atoms with van der Waals surface area (Å²) >= 11 is 0. The van der Waals surface area contributed by atoms with Crippen LogP contribution in [0.1, 0.15) is 35.0 Å². The monoisotopic (exact) mass is 338 g/mol. The molecule has 0 spiro atoms. The summed E-state index contributed by atoms with van der Waals surface area (Å²) in [5.41, 5.74) is 3.31. The van der Waals surface area contributed by atoms with E-state index in [0.29, 0.717) is 24.3 Å². The Kier molecular flexibility index (Phi) is 4.97. The molecule has 0 atom stereocenters. The number of carbonyl (C=O) groups excluding carboxylic acids is 2. The third-order valence-electron chi connectivity index (χ3n) is 4.26. The van der Waals surface area contributed by atoms with Gasteiger partial charge in [-0.1, -0.05) is 13.0 Å². The Bertz CT molecular complexity index is 748. The van der Waals surface area contributed by atoms with Crippen LogP contribution in [-0.2, 0) is 13.1 Å². The predicted molar refractivity (Wildman–Crippen MR) is 96.2 cm³/mol. The maximum atomic E-state index is 12.4. The molecule has 0 fully saturated rings. The van der Waals surface area contributed by atoms with Crippen molar-refractivity contribution < 1.29 is 9.59 Å². The fraction of sp³-hybridized carbons (Fsp3) is 0.316. The van der Waals surface area contributed by atoms with Crippen LogP contribution in [0.3, 0.4) is 0 Å². The van der Waals surface area contributed by atoms with Crippen LogP contribution in [-0.4, -0.2) is 40.3 Å². The van der Waals surface area contributed by atoms with Crippen LogP contribution >= 0.6 is 0 Å². The Balaban J connectivity index is 1.60. The Morgan fingerprint density at radius 3 is 2.64 bits per heavy atom. The topological polar surface area (TPSA) is 65.5 Å². The summed E-state index contributed by atoms with van der Waals surface area (Å²) in [6.07, 6.45) is 2.66. The van der Waals surface area contributed by atoms with E-state index < -0.39 is 0 Å². The number of aromatic nitrogens is 1. The maximum absolute atomic E-state index is 12.4. The predicted octanol–water partition coefficient (Wildman–Crippen LogP) is 3.11. The summed E-state index contributed by atoms with van der Waals surface area (Å²) in [6, 6.07) is 10.7. The van der Waals surface area contributed by atoms with Gasteiger partial charge < -0.3 is 15.1 Å². The molecule has 2 heterocycles. The van der Waals surface area contributed by atoms with Crippen molar-refractivity contribution in [1.29, 1.82) is 0 Å². The van der Waals surface area contributed by atoms with Gasteiger partial charge in [-0.05, 0) is 42.3 Å². The number of hydrogen-bond acceptors (Lipinski definition) is 3.